The SMILES string of the molecule is C=N/C=C1/C2=C(COC2)C(C(=C)c2c(/C(F)=C\C)sc(N)c2C#N)=C(P)C1NCN1CCC(N)C1.CCCC.CCCC(C)C. The van der Waals surface area contributed by atoms with Gasteiger partial charge in [-0.05, 0) is 59.2 Å². The van der Waals surface area contributed by atoms with Crippen molar-refractivity contribution < 1.29 is 9.13 Å². The summed E-state index contributed by atoms with van der Waals surface area (Å²) in [6.07, 6.45) is 9.44. The number of hydrogen-bond acceptors (Lipinski definition) is 8. The number of nitrogens with one attached hydrogen (secondary N) is 1. The highest BCUT2D eigenvalue weighted by Crippen LogP contribution is 2.49. The normalized spacial score (nSPS) is 20.9. The van der Waals surface area contributed by atoms with E-state index < -0.39 is 5.83 Å². The molecule has 3 atom stereocenters. The molecule has 0 radical (unpaired) electrons. The van der Waals surface area contributed by atoms with Crippen molar-refractivity contribution >= 4 is 43.7 Å². The number of likely N-dealkylation sites (tertiary alicyclic amines) is 1. The summed E-state index contributed by atoms with van der Waals surface area (Å²) in [4.78, 5) is 6.64. The van der Waals surface area contributed by atoms with Crippen LogP contribution in [0.2, 0.25) is 0 Å². The maximum absolute atomic E-state index is 14.9. The van der Waals surface area contributed by atoms with E-state index in [1.54, 1.807) is 13.1 Å². The minimum Gasteiger partial charge on any atom is -0.389 e. The molecule has 3 aliphatic rings. The van der Waals surface area contributed by atoms with Crippen molar-refractivity contribution in [2.24, 2.45) is 16.6 Å². The summed E-state index contributed by atoms with van der Waals surface area (Å²) in [5.41, 5.74) is 17.2. The number of allylic oxidation sites excluding steroid dienone is 2. The number of unbranched alkanes of at least 4 members (excludes halogenated alkanes) is 1. The zero-order chi connectivity index (χ0) is 33.7. The number of thiophene rings is 1. The molecular formula is C35H54FN6OPS. The van der Waals surface area contributed by atoms with Gasteiger partial charge in [0.2, 0.25) is 0 Å². The van der Waals surface area contributed by atoms with Gasteiger partial charge in [0, 0.05) is 37.6 Å². The topological polar surface area (TPSA) is 113 Å². The Hall–Kier alpha value is -2.44. The van der Waals surface area contributed by atoms with E-state index in [1.165, 1.54) is 31.8 Å². The van der Waals surface area contributed by atoms with E-state index in [2.05, 4.69) is 78.4 Å². The van der Waals surface area contributed by atoms with Crippen molar-refractivity contribution in [3.63, 3.8) is 0 Å². The zero-order valence-corrected chi connectivity index (χ0v) is 30.1. The maximum Gasteiger partial charge on any atom is 0.136 e. The van der Waals surface area contributed by atoms with Gasteiger partial charge < -0.3 is 16.2 Å². The lowest BCUT2D eigenvalue weighted by Crippen LogP contribution is -2.42. The molecule has 3 heterocycles. The number of nitrogens with zero attached hydrogens (tertiary/aromatic N) is 3. The summed E-state index contributed by atoms with van der Waals surface area (Å²) in [7, 11) is 2.82. The van der Waals surface area contributed by atoms with Crippen LogP contribution in [0.15, 0.2) is 51.5 Å². The third kappa shape index (κ3) is 10.0. The van der Waals surface area contributed by atoms with E-state index >= 15 is 0 Å². The number of nitriles is 1. The summed E-state index contributed by atoms with van der Waals surface area (Å²) in [6.45, 7) is 23.9. The summed E-state index contributed by atoms with van der Waals surface area (Å²) < 4.78 is 20.7. The molecule has 2 aliphatic heterocycles. The van der Waals surface area contributed by atoms with Gasteiger partial charge in [0.25, 0.3) is 0 Å². The molecule has 5 N–H and O–H groups in total. The van der Waals surface area contributed by atoms with Crippen molar-refractivity contribution in [2.45, 2.75) is 85.7 Å². The third-order valence-corrected chi connectivity index (χ3v) is 9.61. The highest BCUT2D eigenvalue weighted by molar-refractivity contribution is 7.23. The van der Waals surface area contributed by atoms with Crippen LogP contribution in [0.4, 0.5) is 9.39 Å². The van der Waals surface area contributed by atoms with Crippen molar-refractivity contribution in [1.29, 1.82) is 5.26 Å². The van der Waals surface area contributed by atoms with Crippen LogP contribution in [0.5, 0.6) is 0 Å². The molecule has 1 aromatic rings. The first-order chi connectivity index (χ1) is 21.5. The van der Waals surface area contributed by atoms with Crippen LogP contribution in [0.25, 0.3) is 11.4 Å². The Labute approximate surface area is 277 Å². The number of halogens is 1. The number of nitrogens with two attached hydrogens (primary N) is 2. The highest BCUT2D eigenvalue weighted by atomic mass is 32.1. The molecule has 1 aromatic heterocycles. The van der Waals surface area contributed by atoms with Gasteiger partial charge >= 0.3 is 0 Å². The maximum atomic E-state index is 14.9. The Bertz CT molecular complexity index is 1350. The van der Waals surface area contributed by atoms with E-state index in [9.17, 15) is 9.65 Å². The number of nitrogen functional groups attached to an aromatic ring is 1. The van der Waals surface area contributed by atoms with Gasteiger partial charge in [-0.15, -0.1) is 20.6 Å². The molecule has 1 aliphatic carbocycles. The van der Waals surface area contributed by atoms with Gasteiger partial charge in [-0.25, -0.2) is 4.39 Å². The summed E-state index contributed by atoms with van der Waals surface area (Å²) in [6, 6.07) is 2.11. The number of rotatable bonds is 10. The molecule has 0 amide bonds. The molecule has 0 bridgehead atoms. The first-order valence-corrected chi connectivity index (χ1v) is 17.4. The largest absolute Gasteiger partial charge is 0.389 e. The van der Waals surface area contributed by atoms with Crippen molar-refractivity contribution in [2.75, 3.05) is 38.7 Å². The Morgan fingerprint density at radius 1 is 1.27 bits per heavy atom. The first kappa shape index (κ1) is 38.7. The Kier molecular flexibility index (Phi) is 16.6. The van der Waals surface area contributed by atoms with Crippen molar-refractivity contribution in [1.82, 2.24) is 10.2 Å². The van der Waals surface area contributed by atoms with Gasteiger partial charge in [0.05, 0.1) is 29.7 Å². The lowest BCUT2D eigenvalue weighted by molar-refractivity contribution is 0.206. The van der Waals surface area contributed by atoms with E-state index in [-0.39, 0.29) is 22.6 Å². The molecule has 7 nitrogen and oxygen atoms in total. The predicted octanol–water partition coefficient (Wildman–Crippen LogP) is 7.80. The fourth-order valence-electron chi connectivity index (χ4n) is 5.47. The molecule has 0 saturated carbocycles. The van der Waals surface area contributed by atoms with Crippen LogP contribution >= 0.6 is 20.6 Å². The van der Waals surface area contributed by atoms with E-state index in [0.29, 0.717) is 35.9 Å². The van der Waals surface area contributed by atoms with E-state index in [4.69, 9.17) is 16.2 Å². The monoisotopic (exact) mass is 656 g/mol. The average Bonchev–Trinajstić information content (AvgIpc) is 3.75. The van der Waals surface area contributed by atoms with Crippen LogP contribution in [0, 0.1) is 17.2 Å². The zero-order valence-electron chi connectivity index (χ0n) is 28.1. The second-order valence-corrected chi connectivity index (χ2v) is 13.6. The molecule has 1 saturated heterocycles. The molecule has 3 unspecified atom stereocenters. The molecule has 0 aromatic carbocycles. The minimum absolute atomic E-state index is 0.181. The summed E-state index contributed by atoms with van der Waals surface area (Å²) >= 11 is 1.06. The molecular weight excluding hydrogens is 602 g/mol. The highest BCUT2D eigenvalue weighted by Gasteiger charge is 2.37. The Morgan fingerprint density at radius 3 is 2.42 bits per heavy atom. The first-order valence-electron chi connectivity index (χ1n) is 16.0. The van der Waals surface area contributed by atoms with E-state index in [0.717, 1.165) is 64.4 Å². The quantitative estimate of drug-likeness (QED) is 0.175. The average molecular weight is 657 g/mol. The number of aliphatic imine (C=N–C) groups is 1. The number of ether oxygens (including phenoxy) is 1. The summed E-state index contributed by atoms with van der Waals surface area (Å²) in [5.74, 6) is 0.462. The van der Waals surface area contributed by atoms with Gasteiger partial charge in [0.1, 0.15) is 16.9 Å². The van der Waals surface area contributed by atoms with Crippen molar-refractivity contribution in [3.8, 4) is 6.07 Å². The van der Waals surface area contributed by atoms with Crippen LogP contribution in [0.1, 0.15) is 89.7 Å². The fraction of sp³-hybridized carbons (Fsp3) is 0.543. The van der Waals surface area contributed by atoms with Gasteiger partial charge in [0.15, 0.2) is 0 Å². The Morgan fingerprint density at radius 2 is 1.93 bits per heavy atom. The van der Waals surface area contributed by atoms with Gasteiger partial charge in [-0.2, -0.15) is 5.26 Å². The van der Waals surface area contributed by atoms with Crippen LogP contribution in [-0.4, -0.2) is 56.7 Å². The molecule has 1 fully saturated rings. The second kappa shape index (κ2) is 19.3. The second-order valence-electron chi connectivity index (χ2n) is 11.9. The van der Waals surface area contributed by atoms with Crippen LogP contribution in [0.3, 0.4) is 0 Å². The molecule has 45 heavy (non-hydrogen) atoms. The van der Waals surface area contributed by atoms with Gasteiger partial charge in [-0.3, -0.25) is 15.2 Å². The van der Waals surface area contributed by atoms with Crippen LogP contribution < -0.4 is 16.8 Å². The lowest BCUT2D eigenvalue weighted by Gasteiger charge is -2.33. The van der Waals surface area contributed by atoms with Crippen LogP contribution in [-0.2, 0) is 4.74 Å². The van der Waals surface area contributed by atoms with E-state index in [1.807, 2.05) is 0 Å². The Balaban J connectivity index is 0.000000614. The number of anilines is 1. The standard InChI is InChI=1S/C25H30FN6OPS.C6H14.C4H10/c1-4-19(26)24-21(15(7-27)25(29)35-24)13(2)20-18-11-33-10-17(18)16(8-30-3)22(23(20)34)31-12-32-6-5-14(28)9-32;1-4-5-6(2)3;1-3-4-2/h4,8,14,22,31H,2-3,5-6,9-12,28-29,34H2,1H3;6H,4-5H2,1-3H3;3-4H2,1-2H3/b16-8-,19-4+;;. The van der Waals surface area contributed by atoms with Crippen molar-refractivity contribution in [3.05, 3.63) is 62.5 Å². The molecule has 4 rings (SSSR count). The third-order valence-electron chi connectivity index (χ3n) is 7.96. The minimum atomic E-state index is -0.436. The molecule has 10 heteroatoms. The lowest BCUT2D eigenvalue weighted by atomic mass is 9.80. The van der Waals surface area contributed by atoms with Gasteiger partial charge in [-0.1, -0.05) is 73.0 Å². The number of hydrogen-bond donors (Lipinski definition) is 3. The summed E-state index contributed by atoms with van der Waals surface area (Å²) in [5, 5.41) is 14.7. The smallest absolute Gasteiger partial charge is 0.136 e. The molecule has 248 valence electrons. The predicted molar refractivity (Wildman–Crippen MR) is 196 cm³/mol. The fourth-order valence-corrected chi connectivity index (χ4v) is 7.13. The molecule has 0 spiro atoms.